The molecule has 2 rings (SSSR count). The molecule has 1 aliphatic rings. The van der Waals surface area contributed by atoms with Crippen molar-refractivity contribution in [3.05, 3.63) is 23.8 Å². The minimum atomic E-state index is -0.110. The number of rotatable bonds is 4. The van der Waals surface area contributed by atoms with Gasteiger partial charge in [0, 0.05) is 23.9 Å². The van der Waals surface area contributed by atoms with Crippen molar-refractivity contribution in [2.75, 3.05) is 24.4 Å². The van der Waals surface area contributed by atoms with Gasteiger partial charge in [0.05, 0.1) is 11.4 Å². The highest BCUT2D eigenvalue weighted by Gasteiger charge is 2.26. The van der Waals surface area contributed by atoms with Crippen molar-refractivity contribution in [1.82, 2.24) is 5.32 Å². The molecule has 0 bridgehead atoms. The van der Waals surface area contributed by atoms with Gasteiger partial charge in [-0.1, -0.05) is 6.42 Å². The lowest BCUT2D eigenvalue weighted by Crippen LogP contribution is -2.26. The Kier molecular flexibility index (Phi) is 4.58. The summed E-state index contributed by atoms with van der Waals surface area (Å²) in [5.41, 5.74) is 8.19. The average Bonchev–Trinajstić information content (AvgIpc) is 2.87. The maximum absolute atomic E-state index is 11.5. The second-order valence-corrected chi connectivity index (χ2v) is 5.91. The second kappa shape index (κ2) is 6.19. The summed E-state index contributed by atoms with van der Waals surface area (Å²) in [5, 5.41) is 6.77. The molecule has 104 valence electrons. The molecule has 2 atom stereocenters. The van der Waals surface area contributed by atoms with Crippen molar-refractivity contribution >= 4 is 29.0 Å². The average molecular weight is 279 g/mol. The van der Waals surface area contributed by atoms with E-state index in [9.17, 15) is 4.79 Å². The fourth-order valence-electron chi connectivity index (χ4n) is 2.55. The molecule has 4 nitrogen and oxygen atoms in total. The van der Waals surface area contributed by atoms with Crippen LogP contribution < -0.4 is 16.4 Å². The molecule has 1 fully saturated rings. The number of nitrogens with one attached hydrogen (secondary N) is 2. The van der Waals surface area contributed by atoms with Crippen LogP contribution in [0.3, 0.4) is 0 Å². The van der Waals surface area contributed by atoms with E-state index in [0.29, 0.717) is 22.5 Å². The molecule has 4 N–H and O–H groups in total. The molecule has 0 aromatic heterocycles. The monoisotopic (exact) mass is 279 g/mol. The predicted octanol–water partition coefficient (Wildman–Crippen LogP) is 2.32. The lowest BCUT2D eigenvalue weighted by molar-refractivity contribution is 0.0963. The highest BCUT2D eigenvalue weighted by atomic mass is 32.2. The van der Waals surface area contributed by atoms with Crippen molar-refractivity contribution in [3.8, 4) is 0 Å². The van der Waals surface area contributed by atoms with Gasteiger partial charge in [0.1, 0.15) is 0 Å². The van der Waals surface area contributed by atoms with Crippen LogP contribution in [0.15, 0.2) is 18.2 Å². The van der Waals surface area contributed by atoms with Crippen LogP contribution in [0.5, 0.6) is 0 Å². The van der Waals surface area contributed by atoms with E-state index in [1.54, 1.807) is 19.2 Å². The summed E-state index contributed by atoms with van der Waals surface area (Å²) in [6.45, 7) is 0. The van der Waals surface area contributed by atoms with Crippen LogP contribution in [0.25, 0.3) is 0 Å². The Morgan fingerprint density at radius 3 is 2.84 bits per heavy atom. The van der Waals surface area contributed by atoms with Crippen LogP contribution in [-0.2, 0) is 0 Å². The quantitative estimate of drug-likeness (QED) is 0.740. The van der Waals surface area contributed by atoms with Gasteiger partial charge in [0.15, 0.2) is 0 Å². The van der Waals surface area contributed by atoms with Crippen LogP contribution in [0.1, 0.15) is 29.6 Å². The van der Waals surface area contributed by atoms with Gasteiger partial charge in [-0.2, -0.15) is 11.8 Å². The van der Waals surface area contributed by atoms with E-state index in [0.717, 1.165) is 5.69 Å². The first-order valence-electron chi connectivity index (χ1n) is 6.56. The minimum Gasteiger partial charge on any atom is -0.397 e. The third-order valence-electron chi connectivity index (χ3n) is 3.64. The second-order valence-electron chi connectivity index (χ2n) is 4.84. The van der Waals surface area contributed by atoms with Crippen LogP contribution in [0.2, 0.25) is 0 Å². The molecule has 1 saturated carbocycles. The Balaban J connectivity index is 2.11. The summed E-state index contributed by atoms with van der Waals surface area (Å²) in [5.74, 6) is -0.110. The molecular formula is C14H21N3OS. The van der Waals surface area contributed by atoms with E-state index >= 15 is 0 Å². The molecule has 0 radical (unpaired) electrons. The maximum Gasteiger partial charge on any atom is 0.251 e. The van der Waals surface area contributed by atoms with Crippen LogP contribution in [0, 0.1) is 0 Å². The number of thioether (sulfide) groups is 1. The van der Waals surface area contributed by atoms with Gasteiger partial charge in [-0.05, 0) is 37.3 Å². The zero-order valence-corrected chi connectivity index (χ0v) is 12.2. The summed E-state index contributed by atoms with van der Waals surface area (Å²) < 4.78 is 0. The molecule has 1 amide bonds. The lowest BCUT2D eigenvalue weighted by atomic mass is 10.1. The third kappa shape index (κ3) is 3.15. The Hall–Kier alpha value is -1.36. The Morgan fingerprint density at radius 1 is 1.42 bits per heavy atom. The van der Waals surface area contributed by atoms with Gasteiger partial charge in [-0.25, -0.2) is 0 Å². The van der Waals surface area contributed by atoms with Gasteiger partial charge < -0.3 is 16.4 Å². The zero-order valence-electron chi connectivity index (χ0n) is 11.4. The first-order valence-corrected chi connectivity index (χ1v) is 7.85. The molecule has 1 aliphatic carbocycles. The maximum atomic E-state index is 11.5. The fourth-order valence-corrected chi connectivity index (χ4v) is 3.49. The predicted molar refractivity (Wildman–Crippen MR) is 82.8 cm³/mol. The number of hydrogen-bond donors (Lipinski definition) is 3. The Morgan fingerprint density at radius 2 is 2.21 bits per heavy atom. The van der Waals surface area contributed by atoms with E-state index < -0.39 is 0 Å². The number of nitrogen functional groups attached to an aromatic ring is 1. The van der Waals surface area contributed by atoms with Crippen LogP contribution in [0.4, 0.5) is 11.4 Å². The van der Waals surface area contributed by atoms with Crippen molar-refractivity contribution in [1.29, 1.82) is 0 Å². The van der Waals surface area contributed by atoms with Crippen molar-refractivity contribution < 1.29 is 4.79 Å². The van der Waals surface area contributed by atoms with Gasteiger partial charge in [0.25, 0.3) is 5.91 Å². The number of anilines is 2. The first-order chi connectivity index (χ1) is 9.15. The third-order valence-corrected chi connectivity index (χ3v) is 4.81. The Bertz CT molecular complexity index is 464. The summed E-state index contributed by atoms with van der Waals surface area (Å²) in [4.78, 5) is 11.5. The van der Waals surface area contributed by atoms with Crippen molar-refractivity contribution in [3.63, 3.8) is 0 Å². The lowest BCUT2D eigenvalue weighted by Gasteiger charge is -2.21. The molecule has 0 spiro atoms. The van der Waals surface area contributed by atoms with Crippen LogP contribution in [-0.4, -0.2) is 30.5 Å². The fraction of sp³-hybridized carbons (Fsp3) is 0.500. The molecule has 0 saturated heterocycles. The molecule has 0 aliphatic heterocycles. The first kappa shape index (κ1) is 14.1. The highest BCUT2D eigenvalue weighted by Crippen LogP contribution is 2.32. The van der Waals surface area contributed by atoms with E-state index in [1.165, 1.54) is 19.3 Å². The largest absolute Gasteiger partial charge is 0.397 e. The highest BCUT2D eigenvalue weighted by molar-refractivity contribution is 7.99. The number of benzene rings is 1. The van der Waals surface area contributed by atoms with E-state index in [1.807, 2.05) is 17.8 Å². The summed E-state index contributed by atoms with van der Waals surface area (Å²) in [6, 6.07) is 5.91. The number of hydrogen-bond acceptors (Lipinski definition) is 4. The molecule has 0 heterocycles. The summed E-state index contributed by atoms with van der Waals surface area (Å²) >= 11 is 1.91. The van der Waals surface area contributed by atoms with Gasteiger partial charge in [-0.3, -0.25) is 4.79 Å². The van der Waals surface area contributed by atoms with Gasteiger partial charge in [-0.15, -0.1) is 0 Å². The van der Waals surface area contributed by atoms with Crippen molar-refractivity contribution in [2.45, 2.75) is 30.6 Å². The molecule has 1 aromatic carbocycles. The van der Waals surface area contributed by atoms with Crippen molar-refractivity contribution in [2.24, 2.45) is 0 Å². The number of nitrogens with two attached hydrogens (primary N) is 1. The molecule has 5 heteroatoms. The van der Waals surface area contributed by atoms with E-state index in [-0.39, 0.29) is 5.91 Å². The molecule has 1 aromatic rings. The molecule has 2 unspecified atom stereocenters. The zero-order chi connectivity index (χ0) is 13.8. The number of carbonyl (C=O) groups is 1. The topological polar surface area (TPSA) is 67.2 Å². The van der Waals surface area contributed by atoms with Gasteiger partial charge >= 0.3 is 0 Å². The number of carbonyl (C=O) groups excluding carboxylic acids is 1. The summed E-state index contributed by atoms with van der Waals surface area (Å²) in [6.07, 6.45) is 5.86. The summed E-state index contributed by atoms with van der Waals surface area (Å²) in [7, 11) is 1.62. The smallest absolute Gasteiger partial charge is 0.251 e. The molecular weight excluding hydrogens is 258 g/mol. The normalized spacial score (nSPS) is 22.2. The number of amides is 1. The van der Waals surface area contributed by atoms with Gasteiger partial charge in [0.2, 0.25) is 0 Å². The standard InChI is InChI=1S/C14H21N3OS/c1-16-14(18)9-6-7-11(10(15)8-9)17-12-4-3-5-13(12)19-2/h6-8,12-13,17H,3-5,15H2,1-2H3,(H,16,18). The minimum absolute atomic E-state index is 0.110. The van der Waals surface area contributed by atoms with E-state index in [4.69, 9.17) is 5.73 Å². The SMILES string of the molecule is CNC(=O)c1ccc(NC2CCCC2SC)c(N)c1. The van der Waals surface area contributed by atoms with Crippen LogP contribution >= 0.6 is 11.8 Å². The Labute approximate surface area is 118 Å². The molecule has 19 heavy (non-hydrogen) atoms. The van der Waals surface area contributed by atoms with E-state index in [2.05, 4.69) is 16.9 Å².